The van der Waals surface area contributed by atoms with Crippen LogP contribution in [-0.4, -0.2) is 38.0 Å². The Morgan fingerprint density at radius 3 is 2.38 bits per heavy atom. The van der Waals surface area contributed by atoms with E-state index in [1.807, 2.05) is 25.1 Å². The highest BCUT2D eigenvalue weighted by atomic mass is 16.5. The fourth-order valence-corrected chi connectivity index (χ4v) is 3.24. The van der Waals surface area contributed by atoms with Crippen molar-refractivity contribution in [3.8, 4) is 0 Å². The van der Waals surface area contributed by atoms with E-state index in [1.165, 1.54) is 22.6 Å². The molecule has 6 nitrogen and oxygen atoms in total. The molecule has 0 amide bonds. The van der Waals surface area contributed by atoms with Gasteiger partial charge in [-0.3, -0.25) is 5.43 Å². The molecule has 1 aliphatic rings. The summed E-state index contributed by atoms with van der Waals surface area (Å²) in [6.45, 7) is 5.40. The van der Waals surface area contributed by atoms with E-state index >= 15 is 0 Å². The van der Waals surface area contributed by atoms with Crippen LogP contribution in [0.5, 0.6) is 0 Å². The Bertz CT molecular complexity index is 754. The number of hydrogen-bond donors (Lipinski definition) is 2. The Labute approximate surface area is 153 Å². The van der Waals surface area contributed by atoms with Gasteiger partial charge in [-0.2, -0.15) is 5.10 Å². The summed E-state index contributed by atoms with van der Waals surface area (Å²) in [5.41, 5.74) is 6.11. The van der Waals surface area contributed by atoms with Crippen molar-refractivity contribution in [2.45, 2.75) is 13.0 Å². The molecule has 2 aromatic carbocycles. The molecule has 0 unspecified atom stereocenters. The number of rotatable bonds is 6. The molecule has 1 heterocycles. The highest BCUT2D eigenvalue weighted by Gasteiger charge is 2.28. The van der Waals surface area contributed by atoms with E-state index < -0.39 is 5.97 Å². The van der Waals surface area contributed by atoms with Crippen LogP contribution in [-0.2, 0) is 4.74 Å². The molecule has 136 valence electrons. The zero-order chi connectivity index (χ0) is 18.4. The number of carbonyl (C=O) groups is 1. The van der Waals surface area contributed by atoms with Gasteiger partial charge in [0.2, 0.25) is 0 Å². The molecule has 0 aromatic heterocycles. The van der Waals surface area contributed by atoms with Crippen LogP contribution >= 0.6 is 0 Å². The Kier molecular flexibility index (Phi) is 5.99. The summed E-state index contributed by atoms with van der Waals surface area (Å²) in [4.78, 5) is 12.3. The lowest BCUT2D eigenvalue weighted by Crippen LogP contribution is -3.15. The van der Waals surface area contributed by atoms with E-state index in [4.69, 9.17) is 4.74 Å². The Morgan fingerprint density at radius 1 is 1.12 bits per heavy atom. The smallest absolute Gasteiger partial charge is 0.154 e. The van der Waals surface area contributed by atoms with Crippen molar-refractivity contribution in [3.05, 3.63) is 65.7 Å². The topological polar surface area (TPSA) is 78.2 Å². The molecule has 2 N–H and O–H groups in total. The minimum atomic E-state index is -1.18. The van der Waals surface area contributed by atoms with Gasteiger partial charge in [0.15, 0.2) is 6.04 Å². The average molecular weight is 353 g/mol. The molecule has 26 heavy (non-hydrogen) atoms. The van der Waals surface area contributed by atoms with Crippen LogP contribution in [0.2, 0.25) is 0 Å². The standard InChI is InChI=1S/C20H23N3O3/c1-15(21-22-18-9-7-17(8-10-18)20(24)25)19(16-5-3-2-4-6-16)23-11-13-26-14-12-23/h2-10,19,22H,11-14H2,1H3,(H,24,25)/b21-15-/t19-/m1/s1. The highest BCUT2D eigenvalue weighted by molar-refractivity contribution is 5.88. The molecule has 3 rings (SSSR count). The number of aromatic carboxylic acids is 1. The van der Waals surface area contributed by atoms with E-state index in [0.29, 0.717) is 0 Å². The number of carboxylic acids is 1. The second kappa shape index (κ2) is 8.60. The Balaban J connectivity index is 1.78. The predicted molar refractivity (Wildman–Crippen MR) is 98.2 cm³/mol. The van der Waals surface area contributed by atoms with Gasteiger partial charge in [-0.1, -0.05) is 42.5 Å². The summed E-state index contributed by atoms with van der Waals surface area (Å²) in [5.74, 6) is -1.18. The molecule has 0 aliphatic carbocycles. The molecule has 1 fully saturated rings. The normalized spacial score (nSPS) is 16.9. The van der Waals surface area contributed by atoms with Crippen molar-refractivity contribution < 1.29 is 19.5 Å². The molecule has 0 spiro atoms. The Hall–Kier alpha value is -2.70. The van der Waals surface area contributed by atoms with Gasteiger partial charge in [-0.25, -0.2) is 0 Å². The van der Waals surface area contributed by atoms with Gasteiger partial charge in [0.1, 0.15) is 13.1 Å². The molecule has 0 saturated carbocycles. The number of anilines is 1. The van der Waals surface area contributed by atoms with Gasteiger partial charge in [0, 0.05) is 5.56 Å². The third-order valence-corrected chi connectivity index (χ3v) is 4.58. The van der Waals surface area contributed by atoms with E-state index in [9.17, 15) is 9.90 Å². The first-order valence-electron chi connectivity index (χ1n) is 8.74. The fourth-order valence-electron chi connectivity index (χ4n) is 3.24. The monoisotopic (exact) mass is 353 g/mol. The van der Waals surface area contributed by atoms with Crippen LogP contribution in [0.4, 0.5) is 5.69 Å². The number of hydrazone groups is 1. The SMILES string of the molecule is C/C(=N/Nc1ccc(C(=O)[O-])cc1)[C@H](c1ccccc1)[NH+]1CCOCC1. The maximum Gasteiger partial charge on any atom is 0.154 e. The summed E-state index contributed by atoms with van der Waals surface area (Å²) < 4.78 is 5.50. The number of carboxylic acid groups (broad SMARTS) is 1. The number of nitrogens with zero attached hydrogens (tertiary/aromatic N) is 1. The zero-order valence-electron chi connectivity index (χ0n) is 14.8. The van der Waals surface area contributed by atoms with Gasteiger partial charge in [0.05, 0.1) is 30.6 Å². The van der Waals surface area contributed by atoms with Crippen LogP contribution in [0.25, 0.3) is 0 Å². The van der Waals surface area contributed by atoms with E-state index in [-0.39, 0.29) is 11.6 Å². The summed E-state index contributed by atoms with van der Waals surface area (Å²) in [6.07, 6.45) is 0. The van der Waals surface area contributed by atoms with Gasteiger partial charge < -0.3 is 19.5 Å². The van der Waals surface area contributed by atoms with Crippen LogP contribution in [0.3, 0.4) is 0 Å². The fraction of sp³-hybridized carbons (Fsp3) is 0.300. The van der Waals surface area contributed by atoms with Crippen LogP contribution in [0.15, 0.2) is 59.7 Å². The summed E-state index contributed by atoms with van der Waals surface area (Å²) in [7, 11) is 0. The van der Waals surface area contributed by atoms with Crippen LogP contribution in [0, 0.1) is 0 Å². The lowest BCUT2D eigenvalue weighted by molar-refractivity contribution is -0.928. The number of morpholine rings is 1. The van der Waals surface area contributed by atoms with Gasteiger partial charge in [0.25, 0.3) is 0 Å². The third kappa shape index (κ3) is 4.47. The average Bonchev–Trinajstić information content (AvgIpc) is 2.68. The third-order valence-electron chi connectivity index (χ3n) is 4.58. The molecule has 1 saturated heterocycles. The lowest BCUT2D eigenvalue weighted by atomic mass is 10.0. The molecular formula is C20H23N3O3. The van der Waals surface area contributed by atoms with Crippen molar-refractivity contribution in [1.29, 1.82) is 0 Å². The Morgan fingerprint density at radius 2 is 1.77 bits per heavy atom. The molecule has 2 aromatic rings. The first-order valence-corrected chi connectivity index (χ1v) is 8.74. The lowest BCUT2D eigenvalue weighted by Gasteiger charge is -2.31. The number of benzene rings is 2. The predicted octanol–water partition coefficient (Wildman–Crippen LogP) is 0.494. The van der Waals surface area contributed by atoms with Crippen molar-refractivity contribution in [2.75, 3.05) is 31.7 Å². The minimum Gasteiger partial charge on any atom is -0.545 e. The number of quaternary nitrogens is 1. The largest absolute Gasteiger partial charge is 0.545 e. The quantitative estimate of drug-likeness (QED) is 0.585. The van der Waals surface area contributed by atoms with Gasteiger partial charge in [-0.05, 0) is 24.6 Å². The van der Waals surface area contributed by atoms with Crippen LogP contribution < -0.4 is 15.4 Å². The highest BCUT2D eigenvalue weighted by Crippen LogP contribution is 2.14. The molecule has 0 bridgehead atoms. The maximum atomic E-state index is 10.8. The minimum absolute atomic E-state index is 0.148. The molecule has 0 radical (unpaired) electrons. The molecule has 1 aliphatic heterocycles. The van der Waals surface area contributed by atoms with Gasteiger partial charge in [-0.15, -0.1) is 0 Å². The molecular weight excluding hydrogens is 330 g/mol. The van der Waals surface area contributed by atoms with E-state index in [1.54, 1.807) is 12.1 Å². The van der Waals surface area contributed by atoms with Crippen molar-refractivity contribution >= 4 is 17.4 Å². The first kappa shape index (κ1) is 18.1. The van der Waals surface area contributed by atoms with E-state index in [0.717, 1.165) is 37.7 Å². The number of nitrogens with one attached hydrogen (secondary N) is 2. The van der Waals surface area contributed by atoms with E-state index in [2.05, 4.69) is 22.7 Å². The number of ether oxygens (including phenoxy) is 1. The second-order valence-corrected chi connectivity index (χ2v) is 6.34. The summed E-state index contributed by atoms with van der Waals surface area (Å²) in [5, 5.41) is 15.4. The maximum absolute atomic E-state index is 10.8. The number of hydrogen-bond acceptors (Lipinski definition) is 5. The van der Waals surface area contributed by atoms with Crippen molar-refractivity contribution in [1.82, 2.24) is 0 Å². The molecule has 6 heteroatoms. The summed E-state index contributed by atoms with van der Waals surface area (Å²) >= 11 is 0. The zero-order valence-corrected chi connectivity index (χ0v) is 14.8. The van der Waals surface area contributed by atoms with Gasteiger partial charge >= 0.3 is 0 Å². The van der Waals surface area contributed by atoms with Crippen molar-refractivity contribution in [2.24, 2.45) is 5.10 Å². The van der Waals surface area contributed by atoms with Crippen LogP contribution in [0.1, 0.15) is 28.9 Å². The number of carbonyl (C=O) groups excluding carboxylic acids is 1. The molecule has 1 atom stereocenters. The first-order chi connectivity index (χ1) is 12.6. The summed E-state index contributed by atoms with van der Waals surface area (Å²) in [6, 6.07) is 16.9. The second-order valence-electron chi connectivity index (χ2n) is 6.34. The van der Waals surface area contributed by atoms with Crippen molar-refractivity contribution in [3.63, 3.8) is 0 Å².